The molecule has 2 aliphatic carbocycles. The van der Waals surface area contributed by atoms with Crippen molar-refractivity contribution in [1.29, 1.82) is 0 Å². The van der Waals surface area contributed by atoms with Gasteiger partial charge in [0.1, 0.15) is 0 Å². The van der Waals surface area contributed by atoms with Crippen molar-refractivity contribution in [2.45, 2.75) is 0 Å². The number of aromatic nitrogens is 3. The Balaban J connectivity index is 1.78. The van der Waals surface area contributed by atoms with Gasteiger partial charge in [-0.05, 0) is 69.8 Å². The highest BCUT2D eigenvalue weighted by Gasteiger charge is 2.25. The number of nitrogens with zero attached hydrogens (tertiary/aromatic N) is 3. The topological polar surface area (TPSA) is 38.7 Å². The Morgan fingerprint density at radius 3 is 1.66 bits per heavy atom. The lowest BCUT2D eigenvalue weighted by Crippen LogP contribution is -1.87. The van der Waals surface area contributed by atoms with Gasteiger partial charge in [-0.2, -0.15) is 0 Å². The quantitative estimate of drug-likeness (QED) is 0.312. The van der Waals surface area contributed by atoms with Crippen LogP contribution in [0, 0.1) is 0 Å². The van der Waals surface area contributed by atoms with E-state index in [1.54, 1.807) is 0 Å². The summed E-state index contributed by atoms with van der Waals surface area (Å²) in [4.78, 5) is 13.3. The fourth-order valence-electron chi connectivity index (χ4n) is 4.51. The molecule has 6 rings (SSSR count). The first-order valence-corrected chi connectivity index (χ1v) is 10.6. The van der Waals surface area contributed by atoms with Gasteiger partial charge in [-0.1, -0.05) is 48.5 Å². The Labute approximate surface area is 186 Å². The Morgan fingerprint density at radius 1 is 0.469 bits per heavy atom. The van der Waals surface area contributed by atoms with Crippen LogP contribution in [0.5, 0.6) is 0 Å². The van der Waals surface area contributed by atoms with E-state index in [0.29, 0.717) is 0 Å². The van der Waals surface area contributed by atoms with Crippen LogP contribution in [-0.4, -0.2) is 15.0 Å². The second-order valence-corrected chi connectivity index (χ2v) is 7.75. The molecule has 2 aliphatic rings. The Kier molecular flexibility index (Phi) is 4.43. The van der Waals surface area contributed by atoms with E-state index < -0.39 is 0 Å². The van der Waals surface area contributed by atoms with E-state index in [-0.39, 0.29) is 0 Å². The maximum atomic E-state index is 4.78. The van der Waals surface area contributed by atoms with Crippen LogP contribution in [0.3, 0.4) is 0 Å². The van der Waals surface area contributed by atoms with Crippen LogP contribution < -0.4 is 0 Å². The van der Waals surface area contributed by atoms with Crippen LogP contribution in [0.4, 0.5) is 0 Å². The van der Waals surface area contributed by atoms with E-state index in [9.17, 15) is 0 Å². The molecule has 0 fully saturated rings. The number of hydrogen-bond donors (Lipinski definition) is 0. The number of pyridine rings is 3. The van der Waals surface area contributed by atoms with Crippen molar-refractivity contribution in [1.82, 2.24) is 15.0 Å². The lowest BCUT2D eigenvalue weighted by molar-refractivity contribution is 1.33. The molecule has 32 heavy (non-hydrogen) atoms. The van der Waals surface area contributed by atoms with Crippen LogP contribution in [-0.2, 0) is 0 Å². The van der Waals surface area contributed by atoms with Crippen molar-refractivity contribution >= 4 is 10.9 Å². The van der Waals surface area contributed by atoms with Gasteiger partial charge in [-0.3, -0.25) is 15.0 Å². The summed E-state index contributed by atoms with van der Waals surface area (Å²) in [6.45, 7) is 0. The minimum absolute atomic E-state index is 0.995. The number of para-hydroxylation sites is 1. The van der Waals surface area contributed by atoms with Crippen LogP contribution in [0.1, 0.15) is 0 Å². The predicted octanol–water partition coefficient (Wildman–Crippen LogP) is 7.13. The van der Waals surface area contributed by atoms with Gasteiger partial charge in [0.15, 0.2) is 0 Å². The maximum absolute atomic E-state index is 4.78. The first-order valence-electron chi connectivity index (χ1n) is 10.6. The molecule has 4 aromatic rings. The van der Waals surface area contributed by atoms with Crippen molar-refractivity contribution in [3.8, 4) is 44.5 Å². The van der Waals surface area contributed by atoms with Crippen molar-refractivity contribution in [3.63, 3.8) is 0 Å². The highest BCUT2D eigenvalue weighted by molar-refractivity contribution is 6.11. The van der Waals surface area contributed by atoms with Crippen molar-refractivity contribution < 1.29 is 0 Å². The van der Waals surface area contributed by atoms with Gasteiger partial charge in [-0.25, -0.2) is 0 Å². The van der Waals surface area contributed by atoms with E-state index in [2.05, 4.69) is 82.8 Å². The molecular formula is C29H19N3. The molecule has 150 valence electrons. The molecule has 0 atom stereocenters. The van der Waals surface area contributed by atoms with Crippen molar-refractivity contribution in [3.05, 3.63) is 116 Å². The van der Waals surface area contributed by atoms with Gasteiger partial charge in [0, 0.05) is 47.5 Å². The molecule has 1 aromatic carbocycles. The molecule has 3 aromatic heterocycles. The Hall–Kier alpha value is -4.37. The molecule has 0 saturated carbocycles. The highest BCUT2D eigenvalue weighted by Crippen LogP contribution is 2.52. The molecule has 3 heterocycles. The fourth-order valence-corrected chi connectivity index (χ4v) is 4.51. The average Bonchev–Trinajstić information content (AvgIpc) is 2.99. The lowest BCUT2D eigenvalue weighted by atomic mass is 9.94. The molecule has 0 amide bonds. The minimum Gasteiger partial charge on any atom is -0.265 e. The largest absolute Gasteiger partial charge is 0.265 e. The van der Waals surface area contributed by atoms with Crippen LogP contribution in [0.25, 0.3) is 55.4 Å². The third-order valence-electron chi connectivity index (χ3n) is 5.89. The van der Waals surface area contributed by atoms with E-state index in [0.717, 1.165) is 27.6 Å². The van der Waals surface area contributed by atoms with Gasteiger partial charge in [0.25, 0.3) is 0 Å². The van der Waals surface area contributed by atoms with Crippen LogP contribution >= 0.6 is 0 Å². The molecular weight excluding hydrogens is 390 g/mol. The number of benzene rings is 1. The lowest BCUT2D eigenvalue weighted by Gasteiger charge is -2.11. The van der Waals surface area contributed by atoms with Gasteiger partial charge in [0.05, 0.1) is 5.52 Å². The summed E-state index contributed by atoms with van der Waals surface area (Å²) in [6.07, 6.45) is 9.40. The SMILES string of the molecule is c1ccc2c(-c3ccncc3)c(-c3cnc4ccccc4c3)c(-c3ccncc3)c-2cc1. The summed E-state index contributed by atoms with van der Waals surface area (Å²) in [5.74, 6) is 0. The predicted molar refractivity (Wildman–Crippen MR) is 130 cm³/mol. The monoisotopic (exact) mass is 409 g/mol. The summed E-state index contributed by atoms with van der Waals surface area (Å²) in [5, 5.41) is 1.13. The van der Waals surface area contributed by atoms with E-state index >= 15 is 0 Å². The molecule has 3 nitrogen and oxygen atoms in total. The van der Waals surface area contributed by atoms with Crippen LogP contribution in [0.2, 0.25) is 0 Å². The molecule has 0 spiro atoms. The van der Waals surface area contributed by atoms with Crippen LogP contribution in [0.15, 0.2) is 116 Å². The third kappa shape index (κ3) is 3.03. The molecule has 0 saturated heterocycles. The standard InChI is InChI=1S/C29H19N3/c1-2-7-24-25(8-3-1)28(21-12-16-31-17-13-21)29(27(24)20-10-14-30-15-11-20)23-18-22-6-4-5-9-26(22)32-19-23/h1-19H. The summed E-state index contributed by atoms with van der Waals surface area (Å²) < 4.78 is 0. The zero-order valence-corrected chi connectivity index (χ0v) is 17.3. The zero-order chi connectivity index (χ0) is 21.3. The number of rotatable bonds is 3. The second kappa shape index (κ2) is 7.71. The van der Waals surface area contributed by atoms with Crippen molar-refractivity contribution in [2.24, 2.45) is 0 Å². The maximum Gasteiger partial charge on any atom is 0.0702 e. The zero-order valence-electron chi connectivity index (χ0n) is 17.3. The molecule has 3 heteroatoms. The van der Waals surface area contributed by atoms with Gasteiger partial charge in [0.2, 0.25) is 0 Å². The first kappa shape index (κ1) is 18.4. The van der Waals surface area contributed by atoms with E-state index in [4.69, 9.17) is 4.98 Å². The van der Waals surface area contributed by atoms with Gasteiger partial charge >= 0.3 is 0 Å². The summed E-state index contributed by atoms with van der Waals surface area (Å²) in [7, 11) is 0. The summed E-state index contributed by atoms with van der Waals surface area (Å²) >= 11 is 0. The number of fused-ring (bicyclic) bond motifs is 2. The fraction of sp³-hybridized carbons (Fsp3) is 0. The second-order valence-electron chi connectivity index (χ2n) is 7.75. The summed E-state index contributed by atoms with van der Waals surface area (Å²) in [5.41, 5.74) is 10.4. The molecule has 0 bridgehead atoms. The highest BCUT2D eigenvalue weighted by atomic mass is 14.7. The molecule has 0 radical (unpaired) electrons. The van der Waals surface area contributed by atoms with Crippen molar-refractivity contribution in [2.75, 3.05) is 0 Å². The average molecular weight is 409 g/mol. The Morgan fingerprint density at radius 2 is 1.03 bits per heavy atom. The molecule has 0 aliphatic heterocycles. The first-order chi connectivity index (χ1) is 15.9. The normalized spacial score (nSPS) is 11.1. The Bertz CT molecular complexity index is 1430. The third-order valence-corrected chi connectivity index (χ3v) is 5.89. The summed E-state index contributed by atoms with van der Waals surface area (Å²) in [6, 6.07) is 29.5. The van der Waals surface area contributed by atoms with Gasteiger partial charge < -0.3 is 0 Å². The number of hydrogen-bond acceptors (Lipinski definition) is 3. The van der Waals surface area contributed by atoms with Gasteiger partial charge in [-0.15, -0.1) is 0 Å². The minimum atomic E-state index is 0.995. The van der Waals surface area contributed by atoms with E-state index in [1.807, 2.05) is 43.1 Å². The molecule has 0 unspecified atom stereocenters. The molecule has 0 N–H and O–H groups in total. The smallest absolute Gasteiger partial charge is 0.0702 e. The van der Waals surface area contributed by atoms with E-state index in [1.165, 1.54) is 27.8 Å².